The van der Waals surface area contributed by atoms with Crippen molar-refractivity contribution >= 4 is 21.6 Å². The Labute approximate surface area is 80.6 Å². The van der Waals surface area contributed by atoms with Crippen LogP contribution in [0.5, 0.6) is 0 Å². The quantitative estimate of drug-likeness (QED) is 0.415. The summed E-state index contributed by atoms with van der Waals surface area (Å²) in [6.45, 7) is 4.44. The zero-order valence-electron chi connectivity index (χ0n) is 6.05. The fourth-order valence-electron chi connectivity index (χ4n) is 0.285. The maximum absolute atomic E-state index is 2.22. The van der Waals surface area contributed by atoms with E-state index >= 15 is 0 Å². The van der Waals surface area contributed by atoms with Crippen molar-refractivity contribution in [2.75, 3.05) is 11.5 Å². The van der Waals surface area contributed by atoms with Gasteiger partial charge in [0.1, 0.15) is 0 Å². The van der Waals surface area contributed by atoms with Crippen molar-refractivity contribution in [3.05, 3.63) is 0 Å². The van der Waals surface area contributed by atoms with E-state index in [2.05, 4.69) is 13.8 Å². The minimum atomic E-state index is 0. The second kappa shape index (κ2) is 12.1. The summed E-state index contributed by atoms with van der Waals surface area (Å²) >= 11 is 0. The zero-order valence-corrected chi connectivity index (χ0v) is 9.69. The maximum Gasteiger partial charge on any atom is 0.00343 e. The number of rotatable bonds is 5. The maximum atomic E-state index is 2.22. The van der Waals surface area contributed by atoms with E-state index in [0.717, 1.165) is 0 Å². The van der Waals surface area contributed by atoms with Crippen molar-refractivity contribution in [1.29, 1.82) is 0 Å². The van der Waals surface area contributed by atoms with Gasteiger partial charge in [-0.15, -0.1) is 0 Å². The molecule has 0 heterocycles. The van der Waals surface area contributed by atoms with E-state index in [1.54, 1.807) is 0 Å². The molecular weight excluding hydrogens is 232 g/mol. The molecule has 0 unspecified atom stereocenters. The van der Waals surface area contributed by atoms with Crippen molar-refractivity contribution in [2.45, 2.75) is 26.7 Å². The third kappa shape index (κ3) is 12.6. The fourth-order valence-corrected chi connectivity index (χ4v) is 2.56. The second-order valence-corrected chi connectivity index (χ2v) is 4.35. The van der Waals surface area contributed by atoms with E-state index in [1.807, 2.05) is 21.6 Å². The molecular formula is C6H14MoS2. The van der Waals surface area contributed by atoms with Gasteiger partial charge >= 0.3 is 0 Å². The summed E-state index contributed by atoms with van der Waals surface area (Å²) in [6, 6.07) is 0. The van der Waals surface area contributed by atoms with Gasteiger partial charge in [0.15, 0.2) is 0 Å². The second-order valence-electron chi connectivity index (χ2n) is 1.64. The Morgan fingerprint density at radius 1 is 0.889 bits per heavy atom. The minimum Gasteiger partial charge on any atom is -0.0942 e. The molecule has 0 spiro atoms. The Bertz CT molecular complexity index is 36.0. The Balaban J connectivity index is 0. The van der Waals surface area contributed by atoms with Gasteiger partial charge in [0.2, 0.25) is 0 Å². The molecule has 0 aromatic heterocycles. The summed E-state index contributed by atoms with van der Waals surface area (Å²) in [4.78, 5) is 0. The number of hydrogen-bond acceptors (Lipinski definition) is 2. The first-order valence-electron chi connectivity index (χ1n) is 3.16. The minimum absolute atomic E-state index is 0. The van der Waals surface area contributed by atoms with Crippen LogP contribution in [0.4, 0.5) is 0 Å². The molecule has 0 nitrogen and oxygen atoms in total. The average molecular weight is 246 g/mol. The Morgan fingerprint density at radius 2 is 1.22 bits per heavy atom. The molecule has 0 aromatic carbocycles. The van der Waals surface area contributed by atoms with Crippen LogP contribution in [-0.2, 0) is 21.1 Å². The number of hydrogen-bond donors (Lipinski definition) is 0. The first-order chi connectivity index (χ1) is 3.91. The van der Waals surface area contributed by atoms with Crippen molar-refractivity contribution in [1.82, 2.24) is 0 Å². The van der Waals surface area contributed by atoms with Crippen LogP contribution in [0.15, 0.2) is 0 Å². The van der Waals surface area contributed by atoms with Crippen molar-refractivity contribution in [3.63, 3.8) is 0 Å². The van der Waals surface area contributed by atoms with E-state index in [-0.39, 0.29) is 21.1 Å². The van der Waals surface area contributed by atoms with Crippen LogP contribution in [-0.4, -0.2) is 11.5 Å². The predicted molar refractivity (Wildman–Crippen MR) is 45.5 cm³/mol. The van der Waals surface area contributed by atoms with Gasteiger partial charge in [-0.1, -0.05) is 35.4 Å². The zero-order chi connectivity index (χ0) is 6.24. The van der Waals surface area contributed by atoms with Crippen LogP contribution in [0.25, 0.3) is 0 Å². The van der Waals surface area contributed by atoms with Gasteiger partial charge in [-0.2, -0.15) is 0 Å². The van der Waals surface area contributed by atoms with Crippen LogP contribution >= 0.6 is 21.6 Å². The van der Waals surface area contributed by atoms with Crippen LogP contribution in [0, 0.1) is 0 Å². The first kappa shape index (κ1) is 13.0. The third-order valence-corrected chi connectivity index (χ3v) is 3.47. The standard InChI is InChI=1S/C6H14S2.Mo/c1-3-5-7-8-6-4-2;/h3-6H2,1-2H3;. The third-order valence-electron chi connectivity index (χ3n) is 0.658. The normalized spacial score (nSPS) is 8.67. The molecule has 0 aromatic rings. The Morgan fingerprint density at radius 3 is 1.44 bits per heavy atom. The van der Waals surface area contributed by atoms with Gasteiger partial charge in [0.25, 0.3) is 0 Å². The summed E-state index contributed by atoms with van der Waals surface area (Å²) in [7, 11) is 3.99. The molecule has 0 aliphatic heterocycles. The van der Waals surface area contributed by atoms with E-state index in [4.69, 9.17) is 0 Å². The first-order valence-corrected chi connectivity index (χ1v) is 5.65. The van der Waals surface area contributed by atoms with E-state index in [1.165, 1.54) is 24.3 Å². The monoisotopic (exact) mass is 248 g/mol. The van der Waals surface area contributed by atoms with Crippen molar-refractivity contribution in [2.24, 2.45) is 0 Å². The van der Waals surface area contributed by atoms with Crippen molar-refractivity contribution in [3.8, 4) is 0 Å². The molecule has 3 heteroatoms. The summed E-state index contributed by atoms with van der Waals surface area (Å²) in [5.41, 5.74) is 0. The molecule has 0 amide bonds. The summed E-state index contributed by atoms with van der Waals surface area (Å²) in [6.07, 6.45) is 2.61. The molecule has 0 rings (SSSR count). The van der Waals surface area contributed by atoms with E-state index < -0.39 is 0 Å². The smallest absolute Gasteiger partial charge is 0.00343 e. The van der Waals surface area contributed by atoms with E-state index in [0.29, 0.717) is 0 Å². The Kier molecular flexibility index (Phi) is 17.5. The molecule has 0 N–H and O–H groups in total. The molecule has 56 valence electrons. The molecule has 9 heavy (non-hydrogen) atoms. The topological polar surface area (TPSA) is 0 Å². The van der Waals surface area contributed by atoms with Gasteiger partial charge in [-0.3, -0.25) is 0 Å². The molecule has 0 saturated carbocycles. The molecule has 0 fully saturated rings. The van der Waals surface area contributed by atoms with Crippen LogP contribution < -0.4 is 0 Å². The molecule has 0 radical (unpaired) electrons. The van der Waals surface area contributed by atoms with Crippen molar-refractivity contribution < 1.29 is 21.1 Å². The van der Waals surface area contributed by atoms with Crippen LogP contribution in [0.3, 0.4) is 0 Å². The van der Waals surface area contributed by atoms with Gasteiger partial charge in [-0.05, 0) is 12.8 Å². The summed E-state index contributed by atoms with van der Waals surface area (Å²) in [5, 5.41) is 0. The van der Waals surface area contributed by atoms with Gasteiger partial charge < -0.3 is 0 Å². The summed E-state index contributed by atoms with van der Waals surface area (Å²) < 4.78 is 0. The largest absolute Gasteiger partial charge is 0.0942 e. The van der Waals surface area contributed by atoms with E-state index in [9.17, 15) is 0 Å². The molecule has 0 bridgehead atoms. The molecule has 0 aliphatic rings. The fraction of sp³-hybridized carbons (Fsp3) is 1.00. The van der Waals surface area contributed by atoms with Crippen LogP contribution in [0.1, 0.15) is 26.7 Å². The van der Waals surface area contributed by atoms with Gasteiger partial charge in [-0.25, -0.2) is 0 Å². The predicted octanol–water partition coefficient (Wildman–Crippen LogP) is 3.19. The van der Waals surface area contributed by atoms with Gasteiger partial charge in [0.05, 0.1) is 0 Å². The van der Waals surface area contributed by atoms with Crippen LogP contribution in [0.2, 0.25) is 0 Å². The Hall–Kier alpha value is 1.39. The molecule has 0 atom stereocenters. The van der Waals surface area contributed by atoms with Gasteiger partial charge in [0, 0.05) is 32.6 Å². The SMILES string of the molecule is CCCSSCCC.[Mo]. The summed E-state index contributed by atoms with van der Waals surface area (Å²) in [5.74, 6) is 2.62. The average Bonchev–Trinajstić information content (AvgIpc) is 1.81. The molecule has 0 aliphatic carbocycles. The molecule has 0 saturated heterocycles.